The van der Waals surface area contributed by atoms with Crippen molar-refractivity contribution in [1.82, 2.24) is 14.9 Å². The van der Waals surface area contributed by atoms with Gasteiger partial charge in [-0.05, 0) is 55.4 Å². The molecule has 2 aromatic rings. The Labute approximate surface area is 232 Å². The number of nitrogens with one attached hydrogen (secondary N) is 1. The summed E-state index contributed by atoms with van der Waals surface area (Å²) < 4.78 is 0. The van der Waals surface area contributed by atoms with Crippen molar-refractivity contribution in [3.8, 4) is 0 Å². The molecule has 1 N–H and O–H groups in total. The molecule has 4 heterocycles. The monoisotopic (exact) mass is 539 g/mol. The van der Waals surface area contributed by atoms with Crippen LogP contribution in [0.3, 0.4) is 0 Å². The summed E-state index contributed by atoms with van der Waals surface area (Å²) in [5.41, 5.74) is 3.68. The van der Waals surface area contributed by atoms with Gasteiger partial charge in [-0.15, -0.1) is 0 Å². The number of amidine groups is 1. The van der Waals surface area contributed by atoms with Crippen LogP contribution >= 0.6 is 11.6 Å². The quantitative estimate of drug-likeness (QED) is 0.536. The second kappa shape index (κ2) is 9.26. The maximum atomic E-state index is 13.7. The second-order valence-corrected chi connectivity index (χ2v) is 11.7. The van der Waals surface area contributed by atoms with Crippen LogP contribution in [0.1, 0.15) is 67.3 Å². The summed E-state index contributed by atoms with van der Waals surface area (Å²) in [7, 11) is 0. The lowest BCUT2D eigenvalue weighted by molar-refractivity contribution is -0.130. The minimum atomic E-state index is -0.634. The molecule has 1 unspecified atom stereocenters. The summed E-state index contributed by atoms with van der Waals surface area (Å²) in [5, 5.41) is 3.73. The second-order valence-electron chi connectivity index (χ2n) is 11.3. The number of amides is 2. The van der Waals surface area contributed by atoms with E-state index in [2.05, 4.69) is 28.5 Å². The Morgan fingerprint density at radius 1 is 1.13 bits per heavy atom. The Balaban J connectivity index is 1.13. The molecule has 1 saturated carbocycles. The summed E-state index contributed by atoms with van der Waals surface area (Å²) in [6, 6.07) is 5.99. The number of rotatable bonds is 4. The van der Waals surface area contributed by atoms with Crippen molar-refractivity contribution in [2.45, 2.75) is 68.7 Å². The molecule has 3 aliphatic carbocycles. The van der Waals surface area contributed by atoms with Gasteiger partial charge >= 0.3 is 0 Å². The lowest BCUT2D eigenvalue weighted by atomic mass is 9.80. The maximum absolute atomic E-state index is 13.7. The number of anilines is 1. The zero-order chi connectivity index (χ0) is 26.6. The fraction of sp³-hybridized carbons (Fsp3) is 0.387. The third-order valence-electron chi connectivity index (χ3n) is 8.90. The Morgan fingerprint density at radius 3 is 2.87 bits per heavy atom. The molecule has 5 aliphatic rings. The van der Waals surface area contributed by atoms with E-state index in [1.165, 1.54) is 0 Å². The van der Waals surface area contributed by atoms with Crippen LogP contribution in [0, 0.1) is 0 Å². The molecule has 1 atom stereocenters. The molecule has 39 heavy (non-hydrogen) atoms. The first-order valence-electron chi connectivity index (χ1n) is 13.9. The minimum Gasteiger partial charge on any atom is -0.310 e. The first kappa shape index (κ1) is 24.5. The van der Waals surface area contributed by atoms with Crippen LogP contribution < -0.4 is 5.32 Å². The van der Waals surface area contributed by atoms with Crippen LogP contribution in [0.15, 0.2) is 64.4 Å². The molecule has 2 aliphatic heterocycles. The van der Waals surface area contributed by atoms with E-state index in [9.17, 15) is 9.59 Å². The molecule has 7 rings (SSSR count). The summed E-state index contributed by atoms with van der Waals surface area (Å²) in [4.78, 5) is 42.7. The zero-order valence-corrected chi connectivity index (χ0v) is 22.5. The van der Waals surface area contributed by atoms with E-state index in [4.69, 9.17) is 21.6 Å². The molecule has 0 bridgehead atoms. The van der Waals surface area contributed by atoms with Crippen molar-refractivity contribution < 1.29 is 9.59 Å². The molecule has 0 radical (unpaired) electrons. The number of allylic oxidation sites excluding steroid dienone is 3. The van der Waals surface area contributed by atoms with Crippen LogP contribution in [0.5, 0.6) is 0 Å². The Hall–Kier alpha value is -3.58. The summed E-state index contributed by atoms with van der Waals surface area (Å²) in [5.74, 6) is 1.51. The number of nitrogens with zero attached hydrogens (tertiary/aromatic N) is 4. The van der Waals surface area contributed by atoms with Crippen LogP contribution in [0.4, 0.5) is 5.82 Å². The number of carbonyl (C=O) groups excluding carboxylic acids is 2. The van der Waals surface area contributed by atoms with Crippen molar-refractivity contribution in [1.29, 1.82) is 0 Å². The van der Waals surface area contributed by atoms with Crippen LogP contribution in [0.25, 0.3) is 6.08 Å². The van der Waals surface area contributed by atoms with E-state index in [0.717, 1.165) is 77.4 Å². The normalized spacial score (nSPS) is 25.2. The molecule has 0 saturated heterocycles. The number of carbonyl (C=O) groups is 2. The molecule has 7 nitrogen and oxygen atoms in total. The number of hydrogen-bond donors (Lipinski definition) is 1. The largest absolute Gasteiger partial charge is 0.310 e. The van der Waals surface area contributed by atoms with Gasteiger partial charge in [0.05, 0.1) is 5.41 Å². The lowest BCUT2D eigenvalue weighted by Crippen LogP contribution is -2.41. The molecule has 0 aromatic carbocycles. The number of aliphatic imine (C=N–C) groups is 1. The van der Waals surface area contributed by atoms with E-state index in [1.54, 1.807) is 6.20 Å². The average Bonchev–Trinajstić information content (AvgIpc) is 3.65. The van der Waals surface area contributed by atoms with Gasteiger partial charge in [-0.1, -0.05) is 54.8 Å². The lowest BCUT2D eigenvalue weighted by Gasteiger charge is -2.22. The van der Waals surface area contributed by atoms with Gasteiger partial charge < -0.3 is 5.32 Å². The van der Waals surface area contributed by atoms with Gasteiger partial charge in [0.2, 0.25) is 5.91 Å². The van der Waals surface area contributed by atoms with Crippen LogP contribution in [-0.2, 0) is 27.8 Å². The first-order valence-corrected chi connectivity index (χ1v) is 14.2. The van der Waals surface area contributed by atoms with Gasteiger partial charge in [0.1, 0.15) is 17.2 Å². The standard InChI is InChI=1S/C31H30ClN5O2/c32-24-11-3-1-2-9-22(24)27-36-31(12-4-5-13-31)29(39)37(27)15-7-8-20-16-21-17-30(18-25(21)34-19-20)23-10-6-14-33-26(23)35-28(30)38/h1,3,6-8,10,14,16,19H,2,4-5,9,11-13,15,17-18H2,(H,33,35,38). The predicted molar refractivity (Wildman–Crippen MR) is 151 cm³/mol. The van der Waals surface area contributed by atoms with Crippen molar-refractivity contribution in [2.75, 3.05) is 11.9 Å². The maximum Gasteiger partial charge on any atom is 0.256 e. The van der Waals surface area contributed by atoms with Crippen molar-refractivity contribution >= 4 is 41.1 Å². The molecular weight excluding hydrogens is 510 g/mol. The highest BCUT2D eigenvalue weighted by molar-refractivity contribution is 6.33. The Bertz CT molecular complexity index is 1520. The SMILES string of the molecule is O=C1N(CC=Cc2cnc3c(c2)CC2(C3)C(=O)Nc3ncccc32)C(C2=C(Cl)CC=CCC2)=NC12CCCC2. The predicted octanol–water partition coefficient (Wildman–Crippen LogP) is 5.27. The number of halogens is 1. The summed E-state index contributed by atoms with van der Waals surface area (Å²) >= 11 is 6.70. The first-order chi connectivity index (χ1) is 19.0. The number of pyridine rings is 2. The molecule has 2 amide bonds. The topological polar surface area (TPSA) is 87.5 Å². The van der Waals surface area contributed by atoms with Gasteiger partial charge in [-0.2, -0.15) is 0 Å². The highest BCUT2D eigenvalue weighted by atomic mass is 35.5. The number of hydrogen-bond acceptors (Lipinski definition) is 5. The van der Waals surface area contributed by atoms with E-state index < -0.39 is 11.0 Å². The summed E-state index contributed by atoms with van der Waals surface area (Å²) in [6.45, 7) is 0.434. The van der Waals surface area contributed by atoms with E-state index in [1.807, 2.05) is 35.4 Å². The molecule has 2 spiro atoms. The smallest absolute Gasteiger partial charge is 0.256 e. The van der Waals surface area contributed by atoms with Gasteiger partial charge in [0, 0.05) is 53.6 Å². The third kappa shape index (κ3) is 3.89. The molecule has 8 heteroatoms. The van der Waals surface area contributed by atoms with E-state index >= 15 is 0 Å². The van der Waals surface area contributed by atoms with Crippen molar-refractivity contribution in [3.05, 3.63) is 81.8 Å². The molecular formula is C31H30ClN5O2. The zero-order valence-electron chi connectivity index (χ0n) is 21.8. The average molecular weight is 540 g/mol. The Kier molecular flexibility index (Phi) is 5.81. The molecule has 2 aromatic heterocycles. The molecule has 1 fully saturated rings. The van der Waals surface area contributed by atoms with Crippen molar-refractivity contribution in [2.24, 2.45) is 4.99 Å². The molecule has 198 valence electrons. The van der Waals surface area contributed by atoms with Gasteiger partial charge in [-0.25, -0.2) is 4.98 Å². The highest BCUT2D eigenvalue weighted by Gasteiger charge is 2.52. The van der Waals surface area contributed by atoms with E-state index in [-0.39, 0.29) is 11.8 Å². The number of aromatic nitrogens is 2. The van der Waals surface area contributed by atoms with E-state index in [0.29, 0.717) is 31.6 Å². The van der Waals surface area contributed by atoms with Gasteiger partial charge in [0.25, 0.3) is 5.91 Å². The summed E-state index contributed by atoms with van der Waals surface area (Å²) in [6.07, 6.45) is 19.0. The minimum absolute atomic E-state index is 0.00632. The fourth-order valence-electron chi connectivity index (χ4n) is 6.89. The van der Waals surface area contributed by atoms with Crippen molar-refractivity contribution in [3.63, 3.8) is 0 Å². The fourth-order valence-corrected chi connectivity index (χ4v) is 7.16. The van der Waals surface area contributed by atoms with Gasteiger partial charge in [0.15, 0.2) is 0 Å². The third-order valence-corrected chi connectivity index (χ3v) is 9.28. The van der Waals surface area contributed by atoms with Crippen LogP contribution in [-0.4, -0.2) is 44.6 Å². The Morgan fingerprint density at radius 2 is 2.00 bits per heavy atom. The van der Waals surface area contributed by atoms with Gasteiger partial charge in [-0.3, -0.25) is 24.5 Å². The highest BCUT2D eigenvalue weighted by Crippen LogP contribution is 2.46. The van der Waals surface area contributed by atoms with Crippen LogP contribution in [0.2, 0.25) is 0 Å². The number of fused-ring (bicyclic) bond motifs is 3.